The van der Waals surface area contributed by atoms with Gasteiger partial charge in [0, 0.05) is 10.0 Å². The average molecular weight is 407 g/mol. The fourth-order valence-corrected chi connectivity index (χ4v) is 2.20. The van der Waals surface area contributed by atoms with E-state index in [1.165, 1.54) is 0 Å². The van der Waals surface area contributed by atoms with Crippen molar-refractivity contribution in [1.82, 2.24) is 10.9 Å². The molecule has 0 saturated heterocycles. The summed E-state index contributed by atoms with van der Waals surface area (Å²) in [6.07, 6.45) is -0.762. The van der Waals surface area contributed by atoms with E-state index in [1.807, 2.05) is 19.1 Å². The highest BCUT2D eigenvalue weighted by Crippen LogP contribution is 2.17. The van der Waals surface area contributed by atoms with Crippen LogP contribution in [0.2, 0.25) is 0 Å². The van der Waals surface area contributed by atoms with Gasteiger partial charge in [-0.1, -0.05) is 15.9 Å². The second kappa shape index (κ2) is 9.08. The lowest BCUT2D eigenvalue weighted by molar-refractivity contribution is -0.128. The standard InChI is InChI=1S/C18H19BrN2O4/c1-3-24-15-8-4-13(5-9-15)18(23)21-20-17(22)12(2)25-16-10-6-14(19)7-11-16/h4-12H,3H2,1-2H3,(H,20,22)(H,21,23). The Labute approximate surface area is 154 Å². The Bertz CT molecular complexity index is 717. The lowest BCUT2D eigenvalue weighted by atomic mass is 10.2. The van der Waals surface area contributed by atoms with Crippen molar-refractivity contribution in [2.75, 3.05) is 6.61 Å². The fourth-order valence-electron chi connectivity index (χ4n) is 1.93. The monoisotopic (exact) mass is 406 g/mol. The van der Waals surface area contributed by atoms with Crippen LogP contribution in [0.1, 0.15) is 24.2 Å². The number of benzene rings is 2. The van der Waals surface area contributed by atoms with Gasteiger partial charge in [0.1, 0.15) is 11.5 Å². The van der Waals surface area contributed by atoms with Crippen LogP contribution in [-0.2, 0) is 4.79 Å². The summed E-state index contributed by atoms with van der Waals surface area (Å²) in [5, 5.41) is 0. The predicted octanol–water partition coefficient (Wildman–Crippen LogP) is 3.08. The topological polar surface area (TPSA) is 76.7 Å². The van der Waals surface area contributed by atoms with Crippen LogP contribution < -0.4 is 20.3 Å². The number of rotatable bonds is 6. The zero-order valence-corrected chi connectivity index (χ0v) is 15.5. The minimum absolute atomic E-state index is 0.408. The van der Waals surface area contributed by atoms with Crippen LogP contribution in [0.25, 0.3) is 0 Å². The molecule has 2 aromatic rings. The second-order valence-corrected chi connectivity index (χ2v) is 6.03. The summed E-state index contributed by atoms with van der Waals surface area (Å²) in [6.45, 7) is 4.03. The first-order valence-corrected chi connectivity index (χ1v) is 8.54. The Hall–Kier alpha value is -2.54. The molecule has 2 rings (SSSR count). The van der Waals surface area contributed by atoms with E-state index in [-0.39, 0.29) is 0 Å². The third-order valence-corrected chi connectivity index (χ3v) is 3.75. The molecular weight excluding hydrogens is 388 g/mol. The van der Waals surface area contributed by atoms with Crippen LogP contribution >= 0.6 is 15.9 Å². The Morgan fingerprint density at radius 1 is 1.00 bits per heavy atom. The molecule has 0 aliphatic carbocycles. The van der Waals surface area contributed by atoms with Crippen molar-refractivity contribution in [1.29, 1.82) is 0 Å². The van der Waals surface area contributed by atoms with Gasteiger partial charge in [0.2, 0.25) is 0 Å². The molecule has 7 heteroatoms. The summed E-state index contributed by atoms with van der Waals surface area (Å²) < 4.78 is 11.7. The third-order valence-electron chi connectivity index (χ3n) is 3.22. The number of carbonyl (C=O) groups is 2. The van der Waals surface area contributed by atoms with Crippen LogP contribution in [0.3, 0.4) is 0 Å². The Kier molecular flexibility index (Phi) is 6.82. The number of hydrogen-bond acceptors (Lipinski definition) is 4. The van der Waals surface area contributed by atoms with Crippen molar-refractivity contribution in [2.24, 2.45) is 0 Å². The molecule has 0 spiro atoms. The maximum atomic E-state index is 12.0. The van der Waals surface area contributed by atoms with Gasteiger partial charge in [0.25, 0.3) is 11.8 Å². The first-order chi connectivity index (χ1) is 12.0. The van der Waals surface area contributed by atoms with Crippen molar-refractivity contribution >= 4 is 27.7 Å². The van der Waals surface area contributed by atoms with Gasteiger partial charge in [-0.2, -0.15) is 0 Å². The highest BCUT2D eigenvalue weighted by atomic mass is 79.9. The molecule has 6 nitrogen and oxygen atoms in total. The number of ether oxygens (including phenoxy) is 2. The molecule has 1 atom stereocenters. The molecule has 0 aliphatic heterocycles. The summed E-state index contributed by atoms with van der Waals surface area (Å²) in [7, 11) is 0. The first kappa shape index (κ1) is 18.8. The number of carbonyl (C=O) groups excluding carboxylic acids is 2. The predicted molar refractivity (Wildman–Crippen MR) is 97.5 cm³/mol. The summed E-state index contributed by atoms with van der Waals surface area (Å²) in [5.41, 5.74) is 5.11. The van der Waals surface area contributed by atoms with Crippen molar-refractivity contribution in [2.45, 2.75) is 20.0 Å². The highest BCUT2D eigenvalue weighted by Gasteiger charge is 2.16. The molecule has 2 aromatic carbocycles. The lowest BCUT2D eigenvalue weighted by Crippen LogP contribution is -2.47. The van der Waals surface area contributed by atoms with Crippen molar-refractivity contribution in [3.63, 3.8) is 0 Å². The SMILES string of the molecule is CCOc1ccc(C(=O)NNC(=O)C(C)Oc2ccc(Br)cc2)cc1. The van der Waals surface area contributed by atoms with Gasteiger partial charge in [-0.05, 0) is 62.4 Å². The second-order valence-electron chi connectivity index (χ2n) is 5.11. The first-order valence-electron chi connectivity index (χ1n) is 7.75. The smallest absolute Gasteiger partial charge is 0.279 e. The van der Waals surface area contributed by atoms with Crippen LogP contribution in [0.5, 0.6) is 11.5 Å². The van der Waals surface area contributed by atoms with Gasteiger partial charge < -0.3 is 9.47 Å². The number of hydrogen-bond donors (Lipinski definition) is 2. The molecule has 2 N–H and O–H groups in total. The number of hydrazine groups is 1. The number of amides is 2. The summed E-state index contributed by atoms with van der Waals surface area (Å²) in [4.78, 5) is 24.0. The zero-order valence-electron chi connectivity index (χ0n) is 13.9. The molecule has 0 fully saturated rings. The van der Waals surface area contributed by atoms with E-state index in [1.54, 1.807) is 43.3 Å². The fraction of sp³-hybridized carbons (Fsp3) is 0.222. The Balaban J connectivity index is 1.83. The molecule has 0 saturated carbocycles. The molecule has 1 unspecified atom stereocenters. The quantitative estimate of drug-likeness (QED) is 0.722. The molecule has 0 aliphatic rings. The van der Waals surface area contributed by atoms with Gasteiger partial charge in [0.05, 0.1) is 6.61 Å². The number of nitrogens with one attached hydrogen (secondary N) is 2. The highest BCUT2D eigenvalue weighted by molar-refractivity contribution is 9.10. The number of halogens is 1. The van der Waals surface area contributed by atoms with Gasteiger partial charge in [-0.25, -0.2) is 0 Å². The summed E-state index contributed by atoms with van der Waals surface area (Å²) in [5.74, 6) is 0.359. The van der Waals surface area contributed by atoms with Gasteiger partial charge in [-0.3, -0.25) is 20.4 Å². The summed E-state index contributed by atoms with van der Waals surface area (Å²) in [6, 6.07) is 13.7. The van der Waals surface area contributed by atoms with Crippen molar-refractivity contribution in [3.8, 4) is 11.5 Å². The van der Waals surface area contributed by atoms with Crippen molar-refractivity contribution < 1.29 is 19.1 Å². The van der Waals surface area contributed by atoms with E-state index >= 15 is 0 Å². The van der Waals surface area contributed by atoms with E-state index < -0.39 is 17.9 Å². The van der Waals surface area contributed by atoms with E-state index in [0.717, 1.165) is 4.47 Å². The van der Waals surface area contributed by atoms with Crippen molar-refractivity contribution in [3.05, 3.63) is 58.6 Å². The van der Waals surface area contributed by atoms with Crippen LogP contribution in [-0.4, -0.2) is 24.5 Å². The minimum atomic E-state index is -0.762. The van der Waals surface area contributed by atoms with Gasteiger partial charge >= 0.3 is 0 Å². The normalized spacial score (nSPS) is 11.3. The Morgan fingerprint density at radius 3 is 2.20 bits per heavy atom. The van der Waals surface area contributed by atoms with Gasteiger partial charge in [-0.15, -0.1) is 0 Å². The van der Waals surface area contributed by atoms with Crippen LogP contribution in [0.4, 0.5) is 0 Å². The summed E-state index contributed by atoms with van der Waals surface area (Å²) >= 11 is 3.33. The molecule has 132 valence electrons. The molecule has 0 radical (unpaired) electrons. The van der Waals surface area contributed by atoms with E-state index in [9.17, 15) is 9.59 Å². The molecule has 2 amide bonds. The van der Waals surface area contributed by atoms with E-state index in [0.29, 0.717) is 23.7 Å². The molecule has 0 heterocycles. The lowest BCUT2D eigenvalue weighted by Gasteiger charge is -2.15. The molecule has 25 heavy (non-hydrogen) atoms. The third kappa shape index (κ3) is 5.79. The van der Waals surface area contributed by atoms with E-state index in [2.05, 4.69) is 26.8 Å². The van der Waals surface area contributed by atoms with Crippen LogP contribution in [0.15, 0.2) is 53.0 Å². The maximum Gasteiger partial charge on any atom is 0.279 e. The van der Waals surface area contributed by atoms with Gasteiger partial charge in [0.15, 0.2) is 6.10 Å². The minimum Gasteiger partial charge on any atom is -0.494 e. The average Bonchev–Trinajstić information content (AvgIpc) is 2.62. The molecule has 0 bridgehead atoms. The molecule has 0 aromatic heterocycles. The molecular formula is C18H19BrN2O4. The van der Waals surface area contributed by atoms with E-state index in [4.69, 9.17) is 9.47 Å². The van der Waals surface area contributed by atoms with Crippen LogP contribution in [0, 0.1) is 0 Å². The zero-order chi connectivity index (χ0) is 18.2. The maximum absolute atomic E-state index is 12.0. The largest absolute Gasteiger partial charge is 0.494 e. The Morgan fingerprint density at radius 2 is 1.60 bits per heavy atom.